The molecule has 1 saturated heterocycles. The third-order valence-electron chi connectivity index (χ3n) is 8.08. The molecule has 1 aliphatic carbocycles. The van der Waals surface area contributed by atoms with Gasteiger partial charge in [0.05, 0.1) is 23.8 Å². The Hall–Kier alpha value is -3.53. The molecule has 0 unspecified atom stereocenters. The van der Waals surface area contributed by atoms with Crippen molar-refractivity contribution in [2.24, 2.45) is 0 Å². The average Bonchev–Trinajstić information content (AvgIpc) is 3.49. The van der Waals surface area contributed by atoms with Gasteiger partial charge in [-0.15, -0.1) is 0 Å². The van der Waals surface area contributed by atoms with Crippen molar-refractivity contribution in [2.75, 3.05) is 25.2 Å². The second-order valence-corrected chi connectivity index (χ2v) is 12.3. The molecule has 0 radical (unpaired) electrons. The van der Waals surface area contributed by atoms with Crippen LogP contribution >= 0.6 is 0 Å². The number of pyridine rings is 1. The molecule has 2 aromatic carbocycles. The van der Waals surface area contributed by atoms with Crippen LogP contribution in [0.2, 0.25) is 0 Å². The normalized spacial score (nSPS) is 18.3. The lowest BCUT2D eigenvalue weighted by Crippen LogP contribution is -2.32. The highest BCUT2D eigenvalue weighted by molar-refractivity contribution is 7.90. The van der Waals surface area contributed by atoms with Crippen LogP contribution in [0.1, 0.15) is 36.1 Å². The van der Waals surface area contributed by atoms with E-state index in [4.69, 9.17) is 9.47 Å². The van der Waals surface area contributed by atoms with Crippen molar-refractivity contribution in [2.45, 2.75) is 43.4 Å². The number of aromatic nitrogens is 2. The van der Waals surface area contributed by atoms with Crippen LogP contribution in [0.25, 0.3) is 27.7 Å². The van der Waals surface area contributed by atoms with Gasteiger partial charge in [0.2, 0.25) is 0 Å². The van der Waals surface area contributed by atoms with Crippen molar-refractivity contribution < 1.29 is 22.3 Å². The molecule has 9 heteroatoms. The van der Waals surface area contributed by atoms with E-state index in [0.717, 1.165) is 33.3 Å². The van der Waals surface area contributed by atoms with Crippen molar-refractivity contribution in [3.05, 3.63) is 83.4 Å². The van der Waals surface area contributed by atoms with Crippen LogP contribution in [-0.2, 0) is 26.0 Å². The van der Waals surface area contributed by atoms with Gasteiger partial charge in [-0.25, -0.2) is 21.8 Å². The van der Waals surface area contributed by atoms with Gasteiger partial charge >= 0.3 is 0 Å². The first kappa shape index (κ1) is 24.5. The number of nitrogens with zero attached hydrogens (tertiary/aromatic N) is 3. The maximum absolute atomic E-state index is 14.5. The highest BCUT2D eigenvalue weighted by atomic mass is 32.2. The molecule has 4 heterocycles. The van der Waals surface area contributed by atoms with Gasteiger partial charge in [-0.1, -0.05) is 23.8 Å². The third-order valence-corrected chi connectivity index (χ3v) is 9.79. The number of rotatable bonds is 3. The molecular weight excluding hydrogens is 517 g/mol. The van der Waals surface area contributed by atoms with Crippen LogP contribution < -0.4 is 4.90 Å². The number of hydrogen-bond donors (Lipinski definition) is 0. The molecule has 2 aliphatic heterocycles. The Morgan fingerprint density at radius 3 is 2.51 bits per heavy atom. The first-order valence-electron chi connectivity index (χ1n) is 13.1. The summed E-state index contributed by atoms with van der Waals surface area (Å²) in [7, 11) is -2.08. The Morgan fingerprint density at radius 1 is 1.03 bits per heavy atom. The predicted molar refractivity (Wildman–Crippen MR) is 147 cm³/mol. The first-order chi connectivity index (χ1) is 18.8. The SMILES string of the molecule is Cc1ccc(S(=O)(=O)n2c(C3=CCC4(CC3)OCCO4)c3c4c(ccnc42)-c2cc(F)ccc2N(C)C3)cc1. The monoisotopic (exact) mass is 545 g/mol. The summed E-state index contributed by atoms with van der Waals surface area (Å²) in [5, 5.41) is 0.730. The summed E-state index contributed by atoms with van der Waals surface area (Å²) in [6.45, 7) is 3.48. The van der Waals surface area contributed by atoms with Crippen LogP contribution in [0.5, 0.6) is 0 Å². The van der Waals surface area contributed by atoms with Crippen LogP contribution in [-0.4, -0.2) is 43.4 Å². The maximum atomic E-state index is 14.5. The molecule has 7 nitrogen and oxygen atoms in total. The van der Waals surface area contributed by atoms with E-state index in [1.54, 1.807) is 36.5 Å². The van der Waals surface area contributed by atoms with Gasteiger partial charge in [0, 0.05) is 54.8 Å². The topological polar surface area (TPSA) is 73.7 Å². The zero-order chi connectivity index (χ0) is 26.9. The standard InChI is InChI=1S/C30H28FN3O4S/c1-19-3-6-22(7-4-19)39(35,36)34-28(20-9-12-30(13-10-20)37-15-16-38-30)25-18-33(2)26-8-5-21(31)17-24(26)23-11-14-32-29(34)27(23)25/h3-9,11,14,17H,10,12-13,15-16,18H2,1-2H3. The quantitative estimate of drug-likeness (QED) is 0.331. The van der Waals surface area contributed by atoms with E-state index in [0.29, 0.717) is 55.9 Å². The minimum Gasteiger partial charge on any atom is -0.370 e. The molecule has 4 aromatic rings. The number of benzene rings is 2. The lowest BCUT2D eigenvalue weighted by atomic mass is 9.90. The number of allylic oxidation sites excluding steroid dienone is 1. The molecule has 0 atom stereocenters. The lowest BCUT2D eigenvalue weighted by molar-refractivity contribution is -0.159. The van der Waals surface area contributed by atoms with E-state index in [1.165, 1.54) is 16.1 Å². The van der Waals surface area contributed by atoms with Crippen molar-refractivity contribution in [3.63, 3.8) is 0 Å². The molecule has 7 rings (SSSR count). The maximum Gasteiger partial charge on any atom is 0.269 e. The molecular formula is C30H28FN3O4S. The minimum atomic E-state index is -4.02. The third kappa shape index (κ3) is 3.75. The number of hydrogen-bond acceptors (Lipinski definition) is 6. The molecule has 0 bridgehead atoms. The molecule has 200 valence electrons. The van der Waals surface area contributed by atoms with E-state index < -0.39 is 15.8 Å². The summed E-state index contributed by atoms with van der Waals surface area (Å²) in [6.07, 6.45) is 5.42. The number of ether oxygens (including phenoxy) is 2. The Labute approximate surface area is 226 Å². The molecule has 0 amide bonds. The summed E-state index contributed by atoms with van der Waals surface area (Å²) < 4.78 is 56.5. The van der Waals surface area contributed by atoms with E-state index in [9.17, 15) is 12.8 Å². The molecule has 39 heavy (non-hydrogen) atoms. The molecule has 1 fully saturated rings. The van der Waals surface area contributed by atoms with E-state index in [-0.39, 0.29) is 10.7 Å². The second kappa shape index (κ2) is 8.74. The predicted octanol–water partition coefficient (Wildman–Crippen LogP) is 5.65. The summed E-state index contributed by atoms with van der Waals surface area (Å²) in [5.74, 6) is -0.988. The fourth-order valence-electron chi connectivity index (χ4n) is 6.16. The Morgan fingerprint density at radius 2 is 1.79 bits per heavy atom. The average molecular weight is 546 g/mol. The summed E-state index contributed by atoms with van der Waals surface area (Å²) >= 11 is 0. The molecule has 0 saturated carbocycles. The fraction of sp³-hybridized carbons (Fsp3) is 0.300. The zero-order valence-electron chi connectivity index (χ0n) is 21.8. The van der Waals surface area contributed by atoms with Crippen LogP contribution in [0, 0.1) is 12.7 Å². The van der Waals surface area contributed by atoms with E-state index in [2.05, 4.69) is 11.1 Å². The number of halogens is 1. The van der Waals surface area contributed by atoms with Gasteiger partial charge in [0.25, 0.3) is 10.0 Å². The second-order valence-electron chi connectivity index (χ2n) is 10.5. The van der Waals surface area contributed by atoms with Crippen LogP contribution in [0.15, 0.2) is 65.7 Å². The first-order valence-corrected chi connectivity index (χ1v) is 14.5. The van der Waals surface area contributed by atoms with Crippen molar-refractivity contribution in [3.8, 4) is 11.1 Å². The number of anilines is 1. The van der Waals surface area contributed by atoms with E-state index in [1.807, 2.05) is 24.9 Å². The minimum absolute atomic E-state index is 0.192. The summed E-state index contributed by atoms with van der Waals surface area (Å²) in [5.41, 5.74) is 6.07. The highest BCUT2D eigenvalue weighted by Gasteiger charge is 2.40. The van der Waals surface area contributed by atoms with Crippen molar-refractivity contribution in [1.29, 1.82) is 0 Å². The Balaban J connectivity index is 1.54. The fourth-order valence-corrected chi connectivity index (χ4v) is 7.69. The molecule has 1 spiro atoms. The Bertz CT molecular complexity index is 1770. The Kier molecular flexibility index (Phi) is 5.49. The molecule has 2 aromatic heterocycles. The van der Waals surface area contributed by atoms with Gasteiger partial charge < -0.3 is 14.4 Å². The van der Waals surface area contributed by atoms with Crippen molar-refractivity contribution >= 4 is 32.3 Å². The molecule has 3 aliphatic rings. The van der Waals surface area contributed by atoms with Gasteiger partial charge in [-0.3, -0.25) is 0 Å². The summed E-state index contributed by atoms with van der Waals surface area (Å²) in [6, 6.07) is 13.5. The lowest BCUT2D eigenvalue weighted by Gasteiger charge is -2.31. The largest absolute Gasteiger partial charge is 0.370 e. The van der Waals surface area contributed by atoms with Gasteiger partial charge in [-0.05, 0) is 60.9 Å². The molecule has 0 N–H and O–H groups in total. The smallest absolute Gasteiger partial charge is 0.269 e. The highest BCUT2D eigenvalue weighted by Crippen LogP contribution is 2.47. The van der Waals surface area contributed by atoms with Crippen LogP contribution in [0.3, 0.4) is 0 Å². The van der Waals surface area contributed by atoms with Gasteiger partial charge in [-0.2, -0.15) is 0 Å². The zero-order valence-corrected chi connectivity index (χ0v) is 22.6. The van der Waals surface area contributed by atoms with Crippen LogP contribution in [0.4, 0.5) is 10.1 Å². The van der Waals surface area contributed by atoms with Gasteiger partial charge in [0.15, 0.2) is 11.4 Å². The summed E-state index contributed by atoms with van der Waals surface area (Å²) in [4.78, 5) is 6.87. The number of fused-ring (bicyclic) bond motifs is 2. The number of aryl methyl sites for hydroxylation is 1. The van der Waals surface area contributed by atoms with Gasteiger partial charge in [0.1, 0.15) is 5.82 Å². The van der Waals surface area contributed by atoms with Crippen molar-refractivity contribution in [1.82, 2.24) is 8.96 Å². The van der Waals surface area contributed by atoms with E-state index >= 15 is 0 Å².